The Morgan fingerprint density at radius 3 is 2.60 bits per heavy atom. The Labute approximate surface area is 174 Å². The number of hydrogen-bond acceptors (Lipinski definition) is 5. The van der Waals surface area contributed by atoms with E-state index in [9.17, 15) is 4.39 Å². The Morgan fingerprint density at radius 1 is 1.07 bits per heavy atom. The van der Waals surface area contributed by atoms with E-state index in [4.69, 9.17) is 9.97 Å². The second kappa shape index (κ2) is 7.02. The van der Waals surface area contributed by atoms with Gasteiger partial charge in [-0.15, -0.1) is 0 Å². The van der Waals surface area contributed by atoms with Crippen molar-refractivity contribution in [2.24, 2.45) is 7.05 Å². The highest BCUT2D eigenvalue weighted by Gasteiger charge is 2.21. The molecule has 2 aromatic carbocycles. The molecule has 1 fully saturated rings. The van der Waals surface area contributed by atoms with Crippen LogP contribution in [0.5, 0.6) is 0 Å². The van der Waals surface area contributed by atoms with Gasteiger partial charge in [-0.2, -0.15) is 5.10 Å². The summed E-state index contributed by atoms with van der Waals surface area (Å²) in [6, 6.07) is 10.6. The maximum atomic E-state index is 14.5. The lowest BCUT2D eigenvalue weighted by molar-refractivity contribution is 0.407. The molecule has 2 atom stereocenters. The van der Waals surface area contributed by atoms with E-state index in [1.165, 1.54) is 11.8 Å². The summed E-state index contributed by atoms with van der Waals surface area (Å²) in [4.78, 5) is 11.9. The second-order valence-electron chi connectivity index (χ2n) is 8.41. The molecule has 7 heteroatoms. The minimum absolute atomic E-state index is 0.359. The van der Waals surface area contributed by atoms with Crippen LogP contribution in [-0.4, -0.2) is 44.9 Å². The van der Waals surface area contributed by atoms with E-state index in [2.05, 4.69) is 41.3 Å². The summed E-state index contributed by atoms with van der Waals surface area (Å²) in [6.07, 6.45) is 1.80. The summed E-state index contributed by atoms with van der Waals surface area (Å²) in [5.41, 5.74) is 3.96. The Morgan fingerprint density at radius 2 is 1.83 bits per heavy atom. The van der Waals surface area contributed by atoms with E-state index in [0.717, 1.165) is 35.1 Å². The third-order valence-corrected chi connectivity index (χ3v) is 5.73. The molecule has 0 bridgehead atoms. The monoisotopic (exact) mass is 404 g/mol. The Kier molecular flexibility index (Phi) is 4.43. The van der Waals surface area contributed by atoms with Gasteiger partial charge >= 0.3 is 0 Å². The highest BCUT2D eigenvalue weighted by Crippen LogP contribution is 2.29. The molecule has 0 amide bonds. The van der Waals surface area contributed by atoms with Gasteiger partial charge in [0, 0.05) is 66.1 Å². The molecule has 0 spiro atoms. The van der Waals surface area contributed by atoms with Crippen LogP contribution >= 0.6 is 0 Å². The Balaban J connectivity index is 1.56. The summed E-state index contributed by atoms with van der Waals surface area (Å²) in [7, 11) is 1.78. The van der Waals surface area contributed by atoms with E-state index < -0.39 is 0 Å². The van der Waals surface area contributed by atoms with Gasteiger partial charge in [0.2, 0.25) is 0 Å². The first kappa shape index (κ1) is 18.9. The molecule has 0 radical (unpaired) electrons. The molecule has 30 heavy (non-hydrogen) atoms. The molecule has 0 aliphatic carbocycles. The van der Waals surface area contributed by atoms with Crippen LogP contribution in [0.4, 0.5) is 10.1 Å². The molecule has 0 saturated carbocycles. The minimum atomic E-state index is -0.359. The molecule has 1 saturated heterocycles. The first-order valence-electron chi connectivity index (χ1n) is 10.3. The lowest BCUT2D eigenvalue weighted by atomic mass is 10.1. The quantitative estimate of drug-likeness (QED) is 0.550. The van der Waals surface area contributed by atoms with Gasteiger partial charge in [0.05, 0.1) is 5.52 Å². The van der Waals surface area contributed by atoms with Crippen LogP contribution in [-0.2, 0) is 7.05 Å². The molecule has 0 unspecified atom stereocenters. The fourth-order valence-corrected chi connectivity index (χ4v) is 4.47. The Bertz CT molecular complexity index is 1250. The molecule has 6 nitrogen and oxygen atoms in total. The molecule has 1 aliphatic rings. The van der Waals surface area contributed by atoms with Gasteiger partial charge in [0.15, 0.2) is 11.6 Å². The lowest BCUT2D eigenvalue weighted by Gasteiger charge is -2.37. The number of aryl methyl sites for hydroxylation is 2. The third kappa shape index (κ3) is 3.29. The summed E-state index contributed by atoms with van der Waals surface area (Å²) in [5.74, 6) is 0.170. The Hall–Kier alpha value is -3.06. The van der Waals surface area contributed by atoms with Gasteiger partial charge in [-0.1, -0.05) is 0 Å². The number of nitrogens with zero attached hydrogens (tertiary/aromatic N) is 5. The van der Waals surface area contributed by atoms with Crippen LogP contribution in [0.3, 0.4) is 0 Å². The van der Waals surface area contributed by atoms with E-state index in [1.54, 1.807) is 17.9 Å². The molecule has 3 heterocycles. The van der Waals surface area contributed by atoms with Crippen molar-refractivity contribution in [3.05, 3.63) is 48.0 Å². The highest BCUT2D eigenvalue weighted by atomic mass is 19.1. The van der Waals surface area contributed by atoms with Crippen molar-refractivity contribution in [2.75, 3.05) is 18.0 Å². The first-order valence-corrected chi connectivity index (χ1v) is 10.3. The zero-order valence-corrected chi connectivity index (χ0v) is 17.6. The topological polar surface area (TPSA) is 58.9 Å². The molecule has 4 aromatic rings. The SMILES string of the molecule is Cc1nc(-c2cc(F)c3nn(C)cc3c2)nc2ccc(N3C[C@H](C)N[C@@H](C)C3)cc12. The van der Waals surface area contributed by atoms with Gasteiger partial charge in [0.1, 0.15) is 5.52 Å². The first-order chi connectivity index (χ1) is 14.4. The van der Waals surface area contributed by atoms with Gasteiger partial charge in [-0.3, -0.25) is 4.68 Å². The number of fused-ring (bicyclic) bond motifs is 2. The largest absolute Gasteiger partial charge is 0.368 e. The van der Waals surface area contributed by atoms with Crippen LogP contribution in [0.15, 0.2) is 36.5 Å². The number of aromatic nitrogens is 4. The zero-order chi connectivity index (χ0) is 21.0. The molecular formula is C23H25FN6. The van der Waals surface area contributed by atoms with Gasteiger partial charge in [-0.25, -0.2) is 14.4 Å². The lowest BCUT2D eigenvalue weighted by Crippen LogP contribution is -2.54. The molecule has 5 rings (SSSR count). The molecule has 1 aliphatic heterocycles. The van der Waals surface area contributed by atoms with Gasteiger partial charge < -0.3 is 10.2 Å². The van der Waals surface area contributed by atoms with Crippen LogP contribution in [0, 0.1) is 12.7 Å². The standard InChI is InChI=1S/C23H25FN6/c1-13-10-30(11-14(2)25-13)18-5-6-21-19(9-18)15(3)26-23(27-21)16-7-17-12-29(4)28-22(17)20(24)8-16/h5-9,12-14,25H,10-11H2,1-4H3/t13-,14-/m0/s1. The summed E-state index contributed by atoms with van der Waals surface area (Å²) < 4.78 is 16.2. The van der Waals surface area contributed by atoms with Crippen molar-refractivity contribution in [2.45, 2.75) is 32.9 Å². The second-order valence-corrected chi connectivity index (χ2v) is 8.41. The number of nitrogens with one attached hydrogen (secondary N) is 1. The van der Waals surface area contributed by atoms with Crippen molar-refractivity contribution < 1.29 is 4.39 Å². The van der Waals surface area contributed by atoms with E-state index in [0.29, 0.717) is 29.0 Å². The van der Waals surface area contributed by atoms with Crippen molar-refractivity contribution >= 4 is 27.5 Å². The van der Waals surface area contributed by atoms with E-state index >= 15 is 0 Å². The number of rotatable bonds is 2. The summed E-state index contributed by atoms with van der Waals surface area (Å²) >= 11 is 0. The number of piperazine rings is 1. The van der Waals surface area contributed by atoms with Gasteiger partial charge in [-0.05, 0) is 51.1 Å². The van der Waals surface area contributed by atoms with E-state index in [-0.39, 0.29) is 5.82 Å². The zero-order valence-electron chi connectivity index (χ0n) is 17.6. The fourth-order valence-electron chi connectivity index (χ4n) is 4.47. The highest BCUT2D eigenvalue weighted by molar-refractivity contribution is 5.88. The van der Waals surface area contributed by atoms with Crippen molar-refractivity contribution in [3.8, 4) is 11.4 Å². The smallest absolute Gasteiger partial charge is 0.160 e. The summed E-state index contributed by atoms with van der Waals surface area (Å²) in [5, 5.41) is 9.51. The number of hydrogen-bond donors (Lipinski definition) is 1. The van der Waals surface area contributed by atoms with Crippen LogP contribution in [0.25, 0.3) is 33.2 Å². The fraction of sp³-hybridized carbons (Fsp3) is 0.348. The number of benzene rings is 2. The van der Waals surface area contributed by atoms with E-state index in [1.807, 2.05) is 19.1 Å². The number of anilines is 1. The third-order valence-electron chi connectivity index (χ3n) is 5.73. The maximum Gasteiger partial charge on any atom is 0.160 e. The van der Waals surface area contributed by atoms with Crippen molar-refractivity contribution in [1.82, 2.24) is 25.1 Å². The molecular weight excluding hydrogens is 379 g/mol. The molecule has 2 aromatic heterocycles. The predicted octanol–water partition coefficient (Wildman–Crippen LogP) is 3.82. The molecule has 1 N–H and O–H groups in total. The minimum Gasteiger partial charge on any atom is -0.368 e. The normalized spacial score (nSPS) is 19.7. The van der Waals surface area contributed by atoms with Crippen LogP contribution < -0.4 is 10.2 Å². The average Bonchev–Trinajstić information content (AvgIpc) is 3.08. The van der Waals surface area contributed by atoms with Crippen molar-refractivity contribution in [1.29, 1.82) is 0 Å². The maximum absolute atomic E-state index is 14.5. The summed E-state index contributed by atoms with van der Waals surface area (Å²) in [6.45, 7) is 8.35. The van der Waals surface area contributed by atoms with Gasteiger partial charge in [0.25, 0.3) is 0 Å². The predicted molar refractivity (Wildman–Crippen MR) is 118 cm³/mol. The van der Waals surface area contributed by atoms with Crippen molar-refractivity contribution in [3.63, 3.8) is 0 Å². The number of halogens is 1. The van der Waals surface area contributed by atoms with Crippen LogP contribution in [0.1, 0.15) is 19.5 Å². The van der Waals surface area contributed by atoms with Crippen LogP contribution in [0.2, 0.25) is 0 Å². The molecule has 154 valence electrons. The average molecular weight is 404 g/mol.